The molecule has 144 valence electrons. The van der Waals surface area contributed by atoms with E-state index in [9.17, 15) is 9.59 Å². The van der Waals surface area contributed by atoms with Gasteiger partial charge in [0.1, 0.15) is 15.9 Å². The van der Waals surface area contributed by atoms with Crippen molar-refractivity contribution in [1.29, 1.82) is 0 Å². The van der Waals surface area contributed by atoms with Crippen LogP contribution in [-0.2, 0) is 9.59 Å². The maximum absolute atomic E-state index is 12.3. The highest BCUT2D eigenvalue weighted by molar-refractivity contribution is 8.41. The van der Waals surface area contributed by atoms with Crippen molar-refractivity contribution < 1.29 is 19.1 Å². The van der Waals surface area contributed by atoms with Gasteiger partial charge in [0, 0.05) is 6.07 Å². The molecule has 0 saturated carbocycles. The van der Waals surface area contributed by atoms with E-state index in [1.165, 1.54) is 30.6 Å². The molecule has 1 aliphatic heterocycles. The van der Waals surface area contributed by atoms with E-state index in [4.69, 9.17) is 9.47 Å². The van der Waals surface area contributed by atoms with Gasteiger partial charge in [0.15, 0.2) is 0 Å². The average Bonchev–Trinajstić information content (AvgIpc) is 3.06. The van der Waals surface area contributed by atoms with Gasteiger partial charge >= 0.3 is 0 Å². The molecule has 8 heteroatoms. The van der Waals surface area contributed by atoms with Gasteiger partial charge in [-0.1, -0.05) is 53.9 Å². The van der Waals surface area contributed by atoms with E-state index in [-0.39, 0.29) is 17.6 Å². The number of nitrogens with zero attached hydrogens (tertiary/aromatic N) is 1. The molecule has 2 amide bonds. The molecule has 0 radical (unpaired) electrons. The number of aliphatic imine (C=N–C) groups is 1. The van der Waals surface area contributed by atoms with Crippen LogP contribution in [0.25, 0.3) is 6.08 Å². The number of hydrogen-bond acceptors (Lipinski definition) is 6. The normalized spacial score (nSPS) is 14.7. The molecular weight excluding hydrogens is 396 g/mol. The van der Waals surface area contributed by atoms with Crippen molar-refractivity contribution in [3.63, 3.8) is 0 Å². The van der Waals surface area contributed by atoms with Gasteiger partial charge in [0.25, 0.3) is 5.91 Å². The van der Waals surface area contributed by atoms with E-state index in [2.05, 4.69) is 10.3 Å². The standard InChI is InChI=1S/C20H18N2O4S2/c1-25-14-8-9-15(16(11-14)26-2)21-18(23)12-27-20-22-19(24)17(28-20)10-13-6-4-3-5-7-13/h3-11H,12H2,1-2H3,(H,21,23). The lowest BCUT2D eigenvalue weighted by Crippen LogP contribution is -2.15. The third-order valence-electron chi connectivity index (χ3n) is 3.71. The molecular formula is C20H18N2O4S2. The smallest absolute Gasteiger partial charge is 0.285 e. The van der Waals surface area contributed by atoms with Crippen LogP contribution >= 0.6 is 23.5 Å². The number of methoxy groups -OCH3 is 2. The van der Waals surface area contributed by atoms with Gasteiger partial charge in [-0.05, 0) is 23.8 Å². The Bertz CT molecular complexity index is 942. The van der Waals surface area contributed by atoms with Crippen molar-refractivity contribution in [2.75, 3.05) is 25.3 Å². The zero-order valence-electron chi connectivity index (χ0n) is 15.3. The summed E-state index contributed by atoms with van der Waals surface area (Å²) in [6.07, 6.45) is 1.80. The predicted octanol–water partition coefficient (Wildman–Crippen LogP) is 4.05. The molecule has 1 N–H and O–H groups in total. The molecule has 1 aliphatic rings. The predicted molar refractivity (Wildman–Crippen MR) is 115 cm³/mol. The molecule has 0 spiro atoms. The maximum atomic E-state index is 12.3. The van der Waals surface area contributed by atoms with Crippen molar-refractivity contribution in [2.24, 2.45) is 4.99 Å². The number of carbonyl (C=O) groups is 2. The molecule has 3 rings (SSSR count). The minimum Gasteiger partial charge on any atom is -0.497 e. The number of benzene rings is 2. The van der Waals surface area contributed by atoms with Gasteiger partial charge in [0.05, 0.1) is 30.6 Å². The molecule has 0 saturated heterocycles. The topological polar surface area (TPSA) is 77.0 Å². The molecule has 0 aliphatic carbocycles. The van der Waals surface area contributed by atoms with Gasteiger partial charge in [-0.25, -0.2) is 0 Å². The quantitative estimate of drug-likeness (QED) is 0.719. The molecule has 0 fully saturated rings. The first-order valence-electron chi connectivity index (χ1n) is 8.31. The molecule has 0 aromatic heterocycles. The number of nitrogens with one attached hydrogen (secondary N) is 1. The second kappa shape index (κ2) is 9.48. The lowest BCUT2D eigenvalue weighted by atomic mass is 10.2. The molecule has 0 atom stereocenters. The fraction of sp³-hybridized carbons (Fsp3) is 0.150. The fourth-order valence-electron chi connectivity index (χ4n) is 2.37. The van der Waals surface area contributed by atoms with Gasteiger partial charge in [-0.3, -0.25) is 9.59 Å². The number of carbonyl (C=O) groups excluding carboxylic acids is 2. The van der Waals surface area contributed by atoms with Gasteiger partial charge in [-0.15, -0.1) is 0 Å². The number of hydrogen-bond donors (Lipinski definition) is 1. The Kier molecular flexibility index (Phi) is 6.78. The number of ether oxygens (including phenoxy) is 2. The van der Waals surface area contributed by atoms with Crippen LogP contribution in [0.15, 0.2) is 58.4 Å². The first-order chi connectivity index (χ1) is 13.6. The molecule has 6 nitrogen and oxygen atoms in total. The lowest BCUT2D eigenvalue weighted by Gasteiger charge is -2.11. The number of thioether (sulfide) groups is 2. The number of rotatable bonds is 6. The van der Waals surface area contributed by atoms with E-state index in [1.807, 2.05) is 30.3 Å². The Morgan fingerprint density at radius 2 is 1.96 bits per heavy atom. The Labute approximate surface area is 171 Å². The largest absolute Gasteiger partial charge is 0.497 e. The van der Waals surface area contributed by atoms with Gasteiger partial charge < -0.3 is 14.8 Å². The van der Waals surface area contributed by atoms with Crippen LogP contribution in [0.1, 0.15) is 5.56 Å². The van der Waals surface area contributed by atoms with Crippen LogP contribution in [0.2, 0.25) is 0 Å². The summed E-state index contributed by atoms with van der Waals surface area (Å²) in [4.78, 5) is 28.9. The van der Waals surface area contributed by atoms with Crippen LogP contribution in [0.3, 0.4) is 0 Å². The maximum Gasteiger partial charge on any atom is 0.285 e. The summed E-state index contributed by atoms with van der Waals surface area (Å²) in [5.41, 5.74) is 1.49. The molecule has 0 unspecified atom stereocenters. The molecule has 0 bridgehead atoms. The summed E-state index contributed by atoms with van der Waals surface area (Å²) in [6, 6.07) is 14.7. The van der Waals surface area contributed by atoms with Gasteiger partial charge in [-0.2, -0.15) is 4.99 Å². The van der Waals surface area contributed by atoms with E-state index in [0.29, 0.717) is 26.5 Å². The van der Waals surface area contributed by atoms with Crippen LogP contribution in [0, 0.1) is 0 Å². The third-order valence-corrected chi connectivity index (χ3v) is 5.83. The molecule has 1 heterocycles. The molecule has 2 aromatic carbocycles. The highest BCUT2D eigenvalue weighted by Crippen LogP contribution is 2.34. The first kappa shape index (κ1) is 20.0. The highest BCUT2D eigenvalue weighted by atomic mass is 32.2. The van der Waals surface area contributed by atoms with E-state index in [0.717, 1.165) is 5.56 Å². The highest BCUT2D eigenvalue weighted by Gasteiger charge is 2.23. The summed E-state index contributed by atoms with van der Waals surface area (Å²) in [5, 5.41) is 2.79. The second-order valence-electron chi connectivity index (χ2n) is 5.61. The summed E-state index contributed by atoms with van der Waals surface area (Å²) in [6.45, 7) is 0. The summed E-state index contributed by atoms with van der Waals surface area (Å²) >= 11 is 2.50. The SMILES string of the molecule is COc1ccc(NC(=O)CSC2=NC(=O)C(=Cc3ccccc3)S2)c(OC)c1. The van der Waals surface area contributed by atoms with Crippen molar-refractivity contribution in [3.05, 3.63) is 59.0 Å². The van der Waals surface area contributed by atoms with E-state index >= 15 is 0 Å². The van der Waals surface area contributed by atoms with Crippen molar-refractivity contribution in [3.8, 4) is 11.5 Å². The van der Waals surface area contributed by atoms with E-state index in [1.54, 1.807) is 31.4 Å². The Morgan fingerprint density at radius 3 is 2.68 bits per heavy atom. The van der Waals surface area contributed by atoms with Crippen LogP contribution in [0.5, 0.6) is 11.5 Å². The van der Waals surface area contributed by atoms with Crippen molar-refractivity contribution in [2.45, 2.75) is 0 Å². The minimum absolute atomic E-state index is 0.132. The lowest BCUT2D eigenvalue weighted by molar-refractivity contribution is -0.114. The van der Waals surface area contributed by atoms with Crippen LogP contribution < -0.4 is 14.8 Å². The second-order valence-corrected chi connectivity index (χ2v) is 7.86. The summed E-state index contributed by atoms with van der Waals surface area (Å²) in [5.74, 6) is 0.774. The minimum atomic E-state index is -0.284. The molecule has 28 heavy (non-hydrogen) atoms. The third kappa shape index (κ3) is 5.17. The Hall–Kier alpha value is -2.71. The average molecular weight is 415 g/mol. The van der Waals surface area contributed by atoms with E-state index < -0.39 is 0 Å². The Morgan fingerprint density at radius 1 is 1.18 bits per heavy atom. The number of amides is 2. The zero-order chi connectivity index (χ0) is 19.9. The first-order valence-corrected chi connectivity index (χ1v) is 10.1. The van der Waals surface area contributed by atoms with Crippen molar-refractivity contribution in [1.82, 2.24) is 0 Å². The Balaban J connectivity index is 1.56. The summed E-state index contributed by atoms with van der Waals surface area (Å²) in [7, 11) is 3.08. The van der Waals surface area contributed by atoms with Gasteiger partial charge in [0.2, 0.25) is 5.91 Å². The fourth-order valence-corrected chi connectivity index (χ4v) is 4.17. The zero-order valence-corrected chi connectivity index (χ0v) is 16.9. The van der Waals surface area contributed by atoms with Crippen LogP contribution in [-0.4, -0.2) is 36.2 Å². The van der Waals surface area contributed by atoms with Crippen molar-refractivity contribution >= 4 is 51.5 Å². The number of anilines is 1. The monoisotopic (exact) mass is 414 g/mol. The summed E-state index contributed by atoms with van der Waals surface area (Å²) < 4.78 is 11.0. The molecule has 2 aromatic rings. The van der Waals surface area contributed by atoms with Crippen LogP contribution in [0.4, 0.5) is 5.69 Å².